The maximum Gasteiger partial charge on any atom is 0.119 e. The van der Waals surface area contributed by atoms with Crippen LogP contribution in [0.25, 0.3) is 0 Å². The average Bonchev–Trinajstić information content (AvgIpc) is 2.48. The first-order valence-electron chi connectivity index (χ1n) is 6.78. The number of hydrogen-bond donors (Lipinski definition) is 0. The summed E-state index contributed by atoms with van der Waals surface area (Å²) in [5, 5.41) is 0. The van der Waals surface area contributed by atoms with Gasteiger partial charge < -0.3 is 9.47 Å². The smallest absolute Gasteiger partial charge is 0.119 e. The summed E-state index contributed by atoms with van der Waals surface area (Å²) >= 11 is 0. The maximum absolute atomic E-state index is 5.92. The first kappa shape index (κ1) is 13.5. The third-order valence-corrected chi connectivity index (χ3v) is 2.95. The van der Waals surface area contributed by atoms with Crippen molar-refractivity contribution < 1.29 is 9.47 Å². The van der Waals surface area contributed by atoms with E-state index in [1.54, 1.807) is 0 Å². The van der Waals surface area contributed by atoms with Crippen LogP contribution in [0.1, 0.15) is 19.8 Å². The second kappa shape index (κ2) is 7.47. The van der Waals surface area contributed by atoms with Crippen LogP contribution in [0.2, 0.25) is 0 Å². The molecular weight excluding hydrogens is 236 g/mol. The summed E-state index contributed by atoms with van der Waals surface area (Å²) in [4.78, 5) is 0. The number of rotatable bonds is 7. The molecule has 19 heavy (non-hydrogen) atoms. The van der Waals surface area contributed by atoms with E-state index in [-0.39, 0.29) is 6.10 Å². The van der Waals surface area contributed by atoms with Crippen molar-refractivity contribution in [3.63, 3.8) is 0 Å². The summed E-state index contributed by atoms with van der Waals surface area (Å²) in [7, 11) is 0. The van der Waals surface area contributed by atoms with Gasteiger partial charge in [-0.25, -0.2) is 0 Å². The van der Waals surface area contributed by atoms with Crippen LogP contribution in [0.4, 0.5) is 0 Å². The standard InChI is InChI=1S/C17H20O2/c1-2-15(19-17-11-7-4-8-12-17)13-14-18-16-9-5-3-6-10-16/h3-12,15H,2,13-14H2,1H3. The first-order valence-corrected chi connectivity index (χ1v) is 6.78. The topological polar surface area (TPSA) is 18.5 Å². The summed E-state index contributed by atoms with van der Waals surface area (Å²) < 4.78 is 11.6. The molecule has 0 amide bonds. The lowest BCUT2D eigenvalue weighted by molar-refractivity contribution is 0.158. The fraction of sp³-hybridized carbons (Fsp3) is 0.294. The van der Waals surface area contributed by atoms with Crippen molar-refractivity contribution in [3.8, 4) is 11.5 Å². The van der Waals surface area contributed by atoms with E-state index in [1.807, 2.05) is 60.7 Å². The Hall–Kier alpha value is -1.96. The molecule has 2 aromatic rings. The van der Waals surface area contributed by atoms with Gasteiger partial charge in [0.25, 0.3) is 0 Å². The zero-order chi connectivity index (χ0) is 13.3. The lowest BCUT2D eigenvalue weighted by Crippen LogP contribution is -2.18. The van der Waals surface area contributed by atoms with Crippen LogP contribution in [0.15, 0.2) is 60.7 Å². The molecule has 0 saturated heterocycles. The molecule has 0 heterocycles. The van der Waals surface area contributed by atoms with E-state index in [2.05, 4.69) is 6.92 Å². The van der Waals surface area contributed by atoms with Crippen molar-refractivity contribution in [2.45, 2.75) is 25.9 Å². The van der Waals surface area contributed by atoms with Gasteiger partial charge in [0.2, 0.25) is 0 Å². The fourth-order valence-corrected chi connectivity index (χ4v) is 1.86. The van der Waals surface area contributed by atoms with Gasteiger partial charge in [-0.3, -0.25) is 0 Å². The van der Waals surface area contributed by atoms with Gasteiger partial charge in [0.05, 0.1) is 6.61 Å². The maximum atomic E-state index is 5.92. The van der Waals surface area contributed by atoms with Crippen LogP contribution >= 0.6 is 0 Å². The van der Waals surface area contributed by atoms with Crippen LogP contribution in [-0.4, -0.2) is 12.7 Å². The SMILES string of the molecule is CCC(CCOc1ccccc1)Oc1ccccc1. The van der Waals surface area contributed by atoms with Gasteiger partial charge in [0.1, 0.15) is 17.6 Å². The van der Waals surface area contributed by atoms with Gasteiger partial charge >= 0.3 is 0 Å². The van der Waals surface area contributed by atoms with E-state index in [0.29, 0.717) is 6.61 Å². The molecule has 2 nitrogen and oxygen atoms in total. The van der Waals surface area contributed by atoms with Gasteiger partial charge in [-0.15, -0.1) is 0 Å². The molecule has 1 unspecified atom stereocenters. The van der Waals surface area contributed by atoms with E-state index >= 15 is 0 Å². The third-order valence-electron chi connectivity index (χ3n) is 2.95. The molecule has 0 aliphatic heterocycles. The number of benzene rings is 2. The minimum Gasteiger partial charge on any atom is -0.493 e. The van der Waals surface area contributed by atoms with Crippen LogP contribution in [-0.2, 0) is 0 Å². The molecule has 2 aromatic carbocycles. The Balaban J connectivity index is 1.77. The van der Waals surface area contributed by atoms with Gasteiger partial charge in [0, 0.05) is 6.42 Å². The Kier molecular flexibility index (Phi) is 5.30. The zero-order valence-electron chi connectivity index (χ0n) is 11.3. The molecule has 0 spiro atoms. The predicted molar refractivity (Wildman–Crippen MR) is 77.7 cm³/mol. The highest BCUT2D eigenvalue weighted by molar-refractivity contribution is 5.22. The van der Waals surface area contributed by atoms with Gasteiger partial charge in [0.15, 0.2) is 0 Å². The molecule has 2 heteroatoms. The Morgan fingerprint density at radius 1 is 0.842 bits per heavy atom. The molecule has 0 N–H and O–H groups in total. The number of ether oxygens (including phenoxy) is 2. The Labute approximate surface area is 115 Å². The van der Waals surface area contributed by atoms with E-state index in [0.717, 1.165) is 24.3 Å². The Bertz CT molecular complexity index is 453. The fourth-order valence-electron chi connectivity index (χ4n) is 1.86. The highest BCUT2D eigenvalue weighted by Gasteiger charge is 2.08. The molecule has 1 atom stereocenters. The molecule has 0 aromatic heterocycles. The summed E-state index contributed by atoms with van der Waals surface area (Å²) in [5.41, 5.74) is 0. The van der Waals surface area contributed by atoms with Crippen LogP contribution in [0, 0.1) is 0 Å². The highest BCUT2D eigenvalue weighted by atomic mass is 16.5. The van der Waals surface area contributed by atoms with E-state index < -0.39 is 0 Å². The van der Waals surface area contributed by atoms with E-state index in [9.17, 15) is 0 Å². The van der Waals surface area contributed by atoms with Crippen molar-refractivity contribution in [2.24, 2.45) is 0 Å². The van der Waals surface area contributed by atoms with Crippen molar-refractivity contribution in [1.29, 1.82) is 0 Å². The highest BCUT2D eigenvalue weighted by Crippen LogP contribution is 2.15. The number of hydrogen-bond acceptors (Lipinski definition) is 2. The monoisotopic (exact) mass is 256 g/mol. The van der Waals surface area contributed by atoms with Crippen molar-refractivity contribution in [3.05, 3.63) is 60.7 Å². The minimum absolute atomic E-state index is 0.200. The first-order chi connectivity index (χ1) is 9.38. The largest absolute Gasteiger partial charge is 0.493 e. The van der Waals surface area contributed by atoms with Gasteiger partial charge in [-0.1, -0.05) is 43.3 Å². The van der Waals surface area contributed by atoms with Crippen molar-refractivity contribution in [1.82, 2.24) is 0 Å². The lowest BCUT2D eigenvalue weighted by Gasteiger charge is -2.17. The van der Waals surface area contributed by atoms with Crippen LogP contribution < -0.4 is 9.47 Å². The summed E-state index contributed by atoms with van der Waals surface area (Å²) in [5.74, 6) is 1.84. The second-order valence-corrected chi connectivity index (χ2v) is 4.41. The lowest BCUT2D eigenvalue weighted by atomic mass is 10.2. The van der Waals surface area contributed by atoms with Gasteiger partial charge in [-0.05, 0) is 30.7 Å². The normalized spacial score (nSPS) is 11.8. The molecule has 2 rings (SSSR count). The molecule has 0 saturated carbocycles. The van der Waals surface area contributed by atoms with E-state index in [1.165, 1.54) is 0 Å². The van der Waals surface area contributed by atoms with Crippen molar-refractivity contribution in [2.75, 3.05) is 6.61 Å². The average molecular weight is 256 g/mol. The third kappa shape index (κ3) is 4.66. The summed E-state index contributed by atoms with van der Waals surface area (Å²) in [6.07, 6.45) is 2.07. The zero-order valence-corrected chi connectivity index (χ0v) is 11.3. The van der Waals surface area contributed by atoms with Gasteiger partial charge in [-0.2, -0.15) is 0 Å². The Morgan fingerprint density at radius 2 is 1.42 bits per heavy atom. The molecule has 0 aliphatic rings. The molecule has 0 aliphatic carbocycles. The Morgan fingerprint density at radius 3 is 2.00 bits per heavy atom. The van der Waals surface area contributed by atoms with E-state index in [4.69, 9.17) is 9.47 Å². The molecule has 0 fully saturated rings. The summed E-state index contributed by atoms with van der Waals surface area (Å²) in [6, 6.07) is 19.8. The molecule has 0 radical (unpaired) electrons. The predicted octanol–water partition coefficient (Wildman–Crippen LogP) is 4.31. The molecular formula is C17H20O2. The van der Waals surface area contributed by atoms with Crippen LogP contribution in [0.5, 0.6) is 11.5 Å². The summed E-state index contributed by atoms with van der Waals surface area (Å²) in [6.45, 7) is 2.81. The van der Waals surface area contributed by atoms with Crippen LogP contribution in [0.3, 0.4) is 0 Å². The quantitative estimate of drug-likeness (QED) is 0.734. The molecule has 0 bridgehead atoms. The minimum atomic E-state index is 0.200. The second-order valence-electron chi connectivity index (χ2n) is 4.41. The molecule has 100 valence electrons. The number of para-hydroxylation sites is 2. The van der Waals surface area contributed by atoms with Crippen molar-refractivity contribution >= 4 is 0 Å².